The number of hydrogen-bond donors (Lipinski definition) is 0. The SMILES string of the molecule is COC(=O)c1ccc(OCCCC2CCN(c3nnn(C(C)C)n3)CC2)cc1C. The molecule has 0 N–H and O–H groups in total. The molecule has 158 valence electrons. The molecule has 1 aromatic heterocycles. The summed E-state index contributed by atoms with van der Waals surface area (Å²) in [7, 11) is 1.39. The number of piperidine rings is 1. The smallest absolute Gasteiger partial charge is 0.338 e. The highest BCUT2D eigenvalue weighted by Gasteiger charge is 2.22. The van der Waals surface area contributed by atoms with Crippen molar-refractivity contribution in [3.8, 4) is 5.75 Å². The number of benzene rings is 1. The zero-order valence-electron chi connectivity index (χ0n) is 17.8. The lowest BCUT2D eigenvalue weighted by atomic mass is 9.92. The van der Waals surface area contributed by atoms with Crippen LogP contribution in [0, 0.1) is 12.8 Å². The summed E-state index contributed by atoms with van der Waals surface area (Å²) in [5, 5.41) is 12.8. The van der Waals surface area contributed by atoms with E-state index in [4.69, 9.17) is 9.47 Å². The Morgan fingerprint density at radius 1 is 1.28 bits per heavy atom. The largest absolute Gasteiger partial charge is 0.494 e. The molecule has 0 saturated carbocycles. The Balaban J connectivity index is 1.37. The lowest BCUT2D eigenvalue weighted by molar-refractivity contribution is 0.0600. The van der Waals surface area contributed by atoms with Crippen molar-refractivity contribution in [3.63, 3.8) is 0 Å². The van der Waals surface area contributed by atoms with Crippen LogP contribution in [-0.2, 0) is 4.74 Å². The van der Waals surface area contributed by atoms with Crippen LogP contribution in [0.3, 0.4) is 0 Å². The molecule has 2 aromatic rings. The molecule has 0 aliphatic carbocycles. The standard InChI is InChI=1S/C21H31N5O3/c1-15(2)26-23-21(22-24-26)25-11-9-17(10-12-25)6-5-13-29-18-7-8-19(16(3)14-18)20(27)28-4/h7-8,14-15,17H,5-6,9-13H2,1-4H3. The van der Waals surface area contributed by atoms with Crippen LogP contribution in [-0.4, -0.2) is 53.0 Å². The molecule has 0 bridgehead atoms. The molecule has 0 spiro atoms. The van der Waals surface area contributed by atoms with E-state index in [2.05, 4.69) is 34.2 Å². The molecule has 1 saturated heterocycles. The molecular formula is C21H31N5O3. The van der Waals surface area contributed by atoms with E-state index in [1.54, 1.807) is 10.9 Å². The van der Waals surface area contributed by atoms with E-state index < -0.39 is 0 Å². The molecule has 0 unspecified atom stereocenters. The summed E-state index contributed by atoms with van der Waals surface area (Å²) in [6.45, 7) is 8.62. The summed E-state index contributed by atoms with van der Waals surface area (Å²) < 4.78 is 10.6. The number of hydrogen-bond acceptors (Lipinski definition) is 7. The van der Waals surface area contributed by atoms with Gasteiger partial charge in [0.15, 0.2) is 0 Å². The molecule has 8 nitrogen and oxygen atoms in total. The first-order valence-electron chi connectivity index (χ1n) is 10.3. The van der Waals surface area contributed by atoms with E-state index >= 15 is 0 Å². The molecule has 1 aliphatic rings. The van der Waals surface area contributed by atoms with Gasteiger partial charge in [-0.3, -0.25) is 0 Å². The summed E-state index contributed by atoms with van der Waals surface area (Å²) in [4.78, 5) is 15.5. The summed E-state index contributed by atoms with van der Waals surface area (Å²) in [6.07, 6.45) is 4.45. The summed E-state index contributed by atoms with van der Waals surface area (Å²) in [6, 6.07) is 5.71. The number of rotatable bonds is 8. The van der Waals surface area contributed by atoms with E-state index in [1.165, 1.54) is 7.11 Å². The molecule has 1 fully saturated rings. The Morgan fingerprint density at radius 3 is 2.66 bits per heavy atom. The predicted octanol–water partition coefficient (Wildman–Crippen LogP) is 3.42. The molecule has 3 rings (SSSR count). The number of aromatic nitrogens is 4. The second-order valence-electron chi connectivity index (χ2n) is 7.89. The van der Waals surface area contributed by atoms with Crippen molar-refractivity contribution >= 4 is 11.9 Å². The first-order valence-corrected chi connectivity index (χ1v) is 10.3. The average Bonchev–Trinajstić information content (AvgIpc) is 3.22. The van der Waals surface area contributed by atoms with Gasteiger partial charge in [-0.25, -0.2) is 4.79 Å². The number of nitrogens with zero attached hydrogens (tertiary/aromatic N) is 5. The Labute approximate surface area is 172 Å². The maximum absolute atomic E-state index is 11.6. The number of carbonyl (C=O) groups is 1. The molecule has 2 heterocycles. The monoisotopic (exact) mass is 401 g/mol. The van der Waals surface area contributed by atoms with Crippen LogP contribution in [0.25, 0.3) is 0 Å². The van der Waals surface area contributed by atoms with E-state index in [1.807, 2.05) is 19.1 Å². The first kappa shape index (κ1) is 21.1. The van der Waals surface area contributed by atoms with Gasteiger partial charge in [0.1, 0.15) is 5.75 Å². The van der Waals surface area contributed by atoms with Crippen LogP contribution >= 0.6 is 0 Å². The van der Waals surface area contributed by atoms with Crippen molar-refractivity contribution in [3.05, 3.63) is 29.3 Å². The Morgan fingerprint density at radius 2 is 2.03 bits per heavy atom. The van der Waals surface area contributed by atoms with Gasteiger partial charge in [-0.2, -0.15) is 4.80 Å². The Hall–Kier alpha value is -2.64. The fourth-order valence-electron chi connectivity index (χ4n) is 3.61. The van der Waals surface area contributed by atoms with Crippen molar-refractivity contribution in [2.75, 3.05) is 31.7 Å². The zero-order valence-corrected chi connectivity index (χ0v) is 17.8. The minimum Gasteiger partial charge on any atom is -0.494 e. The van der Waals surface area contributed by atoms with Crippen molar-refractivity contribution in [1.82, 2.24) is 20.2 Å². The van der Waals surface area contributed by atoms with Crippen LogP contribution in [0.5, 0.6) is 5.75 Å². The minimum absolute atomic E-state index is 0.231. The van der Waals surface area contributed by atoms with E-state index in [9.17, 15) is 4.79 Å². The third-order valence-electron chi connectivity index (χ3n) is 5.41. The quantitative estimate of drug-likeness (QED) is 0.495. The van der Waals surface area contributed by atoms with Crippen molar-refractivity contribution in [2.24, 2.45) is 5.92 Å². The van der Waals surface area contributed by atoms with E-state index in [0.717, 1.165) is 56.0 Å². The van der Waals surface area contributed by atoms with E-state index in [-0.39, 0.29) is 12.0 Å². The predicted molar refractivity (Wildman–Crippen MR) is 110 cm³/mol. The number of anilines is 1. The number of aryl methyl sites for hydroxylation is 1. The highest BCUT2D eigenvalue weighted by atomic mass is 16.5. The van der Waals surface area contributed by atoms with Crippen LogP contribution in [0.2, 0.25) is 0 Å². The minimum atomic E-state index is -0.317. The second kappa shape index (κ2) is 9.71. The van der Waals surface area contributed by atoms with Gasteiger partial charge in [0, 0.05) is 13.1 Å². The molecular weight excluding hydrogens is 370 g/mol. The van der Waals surface area contributed by atoms with Gasteiger partial charge >= 0.3 is 5.97 Å². The van der Waals surface area contributed by atoms with Gasteiger partial charge in [-0.05, 0) is 81.3 Å². The van der Waals surface area contributed by atoms with Crippen LogP contribution in [0.1, 0.15) is 61.5 Å². The van der Waals surface area contributed by atoms with Gasteiger partial charge in [0.2, 0.25) is 0 Å². The fourth-order valence-corrected chi connectivity index (χ4v) is 3.61. The second-order valence-corrected chi connectivity index (χ2v) is 7.89. The van der Waals surface area contributed by atoms with E-state index in [0.29, 0.717) is 18.1 Å². The lowest BCUT2D eigenvalue weighted by Crippen LogP contribution is -2.34. The highest BCUT2D eigenvalue weighted by molar-refractivity contribution is 5.91. The molecule has 1 aliphatic heterocycles. The molecule has 0 radical (unpaired) electrons. The third-order valence-corrected chi connectivity index (χ3v) is 5.41. The maximum Gasteiger partial charge on any atom is 0.338 e. The van der Waals surface area contributed by atoms with Gasteiger partial charge in [-0.15, -0.1) is 5.10 Å². The van der Waals surface area contributed by atoms with Crippen molar-refractivity contribution < 1.29 is 14.3 Å². The fraction of sp³-hybridized carbons (Fsp3) is 0.619. The average molecular weight is 402 g/mol. The summed E-state index contributed by atoms with van der Waals surface area (Å²) in [5.41, 5.74) is 1.44. The maximum atomic E-state index is 11.6. The number of tetrazole rings is 1. The molecule has 1 aromatic carbocycles. The molecule has 29 heavy (non-hydrogen) atoms. The topological polar surface area (TPSA) is 82.4 Å². The molecule has 0 amide bonds. The van der Waals surface area contributed by atoms with Crippen molar-refractivity contribution in [1.29, 1.82) is 0 Å². The first-order chi connectivity index (χ1) is 14.0. The Kier molecular flexibility index (Phi) is 7.06. The van der Waals surface area contributed by atoms with Gasteiger partial charge in [0.25, 0.3) is 5.95 Å². The summed E-state index contributed by atoms with van der Waals surface area (Å²) >= 11 is 0. The zero-order chi connectivity index (χ0) is 20.8. The van der Waals surface area contributed by atoms with Crippen LogP contribution in [0.4, 0.5) is 5.95 Å². The van der Waals surface area contributed by atoms with Crippen LogP contribution < -0.4 is 9.64 Å². The number of methoxy groups -OCH3 is 1. The number of esters is 1. The van der Waals surface area contributed by atoms with Gasteiger partial charge in [-0.1, -0.05) is 5.10 Å². The van der Waals surface area contributed by atoms with Gasteiger partial charge in [0.05, 0.1) is 25.3 Å². The highest BCUT2D eigenvalue weighted by Crippen LogP contribution is 2.24. The van der Waals surface area contributed by atoms with Crippen LogP contribution in [0.15, 0.2) is 18.2 Å². The van der Waals surface area contributed by atoms with Gasteiger partial charge < -0.3 is 14.4 Å². The van der Waals surface area contributed by atoms with Crippen molar-refractivity contribution in [2.45, 2.75) is 52.5 Å². The molecule has 8 heteroatoms. The number of carbonyl (C=O) groups excluding carboxylic acids is 1. The molecule has 0 atom stereocenters. The Bertz CT molecular complexity index is 812. The normalized spacial score (nSPS) is 15.0. The summed E-state index contributed by atoms with van der Waals surface area (Å²) in [5.74, 6) is 1.93. The third kappa shape index (κ3) is 5.46. The number of ether oxygens (including phenoxy) is 2. The lowest BCUT2D eigenvalue weighted by Gasteiger charge is -2.30.